The maximum absolute atomic E-state index is 12.2. The van der Waals surface area contributed by atoms with E-state index in [0.717, 1.165) is 0 Å². The summed E-state index contributed by atoms with van der Waals surface area (Å²) in [5, 5.41) is 23.5. The van der Waals surface area contributed by atoms with Gasteiger partial charge in [0, 0.05) is 18.7 Å². The summed E-state index contributed by atoms with van der Waals surface area (Å²) in [5.41, 5.74) is 1.05. The topological polar surface area (TPSA) is 120 Å². The molecule has 0 aliphatic rings. The number of carbonyl (C=O) groups is 1. The van der Waals surface area contributed by atoms with Gasteiger partial charge in [-0.2, -0.15) is 0 Å². The molecule has 9 nitrogen and oxygen atoms in total. The monoisotopic (exact) mass is 390 g/mol. The zero-order valence-corrected chi connectivity index (χ0v) is 15.8. The third-order valence-electron chi connectivity index (χ3n) is 4.07. The highest BCUT2D eigenvalue weighted by molar-refractivity contribution is 5.79. The number of aliphatic hydroxyl groups excluding tert-OH is 1. The van der Waals surface area contributed by atoms with Crippen molar-refractivity contribution in [3.63, 3.8) is 0 Å². The van der Waals surface area contributed by atoms with Crippen LogP contribution in [0.4, 0.5) is 5.69 Å². The number of hydrogen-bond donors (Lipinski definition) is 2. The number of carbonyl (C=O) groups excluding carboxylic acids is 1. The lowest BCUT2D eigenvalue weighted by Gasteiger charge is -2.15. The van der Waals surface area contributed by atoms with Gasteiger partial charge in [0.1, 0.15) is 0 Å². The number of nitrogens with zero attached hydrogens (tertiary/aromatic N) is 1. The van der Waals surface area contributed by atoms with Crippen molar-refractivity contribution in [2.24, 2.45) is 0 Å². The summed E-state index contributed by atoms with van der Waals surface area (Å²) in [7, 11) is 4.47. The number of benzene rings is 2. The van der Waals surface area contributed by atoms with Crippen LogP contribution in [0.2, 0.25) is 0 Å². The van der Waals surface area contributed by atoms with Gasteiger partial charge in [-0.1, -0.05) is 0 Å². The lowest BCUT2D eigenvalue weighted by Crippen LogP contribution is -2.29. The highest BCUT2D eigenvalue weighted by Gasteiger charge is 2.16. The van der Waals surface area contributed by atoms with E-state index in [4.69, 9.17) is 14.2 Å². The Morgan fingerprint density at radius 2 is 1.68 bits per heavy atom. The molecule has 0 saturated carbocycles. The molecular formula is C19H22N2O7. The summed E-state index contributed by atoms with van der Waals surface area (Å²) in [6, 6.07) is 8.86. The Bertz CT molecular complexity index is 812. The van der Waals surface area contributed by atoms with Crippen LogP contribution < -0.4 is 19.5 Å². The number of methoxy groups -OCH3 is 3. The third-order valence-corrected chi connectivity index (χ3v) is 4.07. The summed E-state index contributed by atoms with van der Waals surface area (Å²) in [6.07, 6.45) is -0.936. The fourth-order valence-electron chi connectivity index (χ4n) is 2.63. The van der Waals surface area contributed by atoms with Gasteiger partial charge >= 0.3 is 0 Å². The van der Waals surface area contributed by atoms with Gasteiger partial charge in [0.05, 0.1) is 38.8 Å². The quantitative estimate of drug-likeness (QED) is 0.496. The Kier molecular flexibility index (Phi) is 7.16. The lowest BCUT2D eigenvalue weighted by atomic mass is 10.1. The molecule has 0 radical (unpaired) electrons. The van der Waals surface area contributed by atoms with E-state index in [1.807, 2.05) is 0 Å². The maximum atomic E-state index is 12.2. The molecule has 1 atom stereocenters. The van der Waals surface area contributed by atoms with E-state index in [9.17, 15) is 20.0 Å². The predicted octanol–water partition coefficient (Wildman–Crippen LogP) is 2.01. The van der Waals surface area contributed by atoms with Crippen LogP contribution in [0.25, 0.3) is 0 Å². The third kappa shape index (κ3) is 5.10. The molecule has 0 saturated heterocycles. The first-order valence-electron chi connectivity index (χ1n) is 8.37. The lowest BCUT2D eigenvalue weighted by molar-refractivity contribution is -0.384. The molecular weight excluding hydrogens is 368 g/mol. The molecule has 28 heavy (non-hydrogen) atoms. The van der Waals surface area contributed by atoms with Crippen LogP contribution in [0.15, 0.2) is 36.4 Å². The van der Waals surface area contributed by atoms with Crippen molar-refractivity contribution in [1.29, 1.82) is 0 Å². The zero-order valence-electron chi connectivity index (χ0n) is 15.8. The molecule has 0 bridgehead atoms. The van der Waals surface area contributed by atoms with E-state index in [0.29, 0.717) is 28.4 Å². The summed E-state index contributed by atoms with van der Waals surface area (Å²) in [4.78, 5) is 22.4. The van der Waals surface area contributed by atoms with Crippen LogP contribution in [0.1, 0.15) is 17.2 Å². The number of hydrogen-bond acceptors (Lipinski definition) is 7. The molecule has 1 amide bonds. The molecule has 0 unspecified atom stereocenters. The van der Waals surface area contributed by atoms with Crippen LogP contribution in [-0.4, -0.2) is 43.8 Å². The molecule has 150 valence electrons. The smallest absolute Gasteiger partial charge is 0.269 e. The van der Waals surface area contributed by atoms with E-state index in [1.165, 1.54) is 45.6 Å². The van der Waals surface area contributed by atoms with Crippen molar-refractivity contribution in [3.8, 4) is 17.2 Å². The summed E-state index contributed by atoms with van der Waals surface area (Å²) >= 11 is 0. The molecule has 2 N–H and O–H groups in total. The Balaban J connectivity index is 1.99. The fraction of sp³-hybridized carbons (Fsp3) is 0.316. The van der Waals surface area contributed by atoms with Gasteiger partial charge in [-0.15, -0.1) is 0 Å². The fourth-order valence-corrected chi connectivity index (χ4v) is 2.63. The van der Waals surface area contributed by atoms with E-state index in [1.54, 1.807) is 12.1 Å². The molecule has 0 spiro atoms. The second kappa shape index (κ2) is 9.56. The second-order valence-corrected chi connectivity index (χ2v) is 5.88. The van der Waals surface area contributed by atoms with Gasteiger partial charge in [-0.05, 0) is 35.4 Å². The summed E-state index contributed by atoms with van der Waals surface area (Å²) in [6.45, 7) is -0.0267. The van der Waals surface area contributed by atoms with Gasteiger partial charge in [0.15, 0.2) is 11.5 Å². The number of rotatable bonds is 9. The second-order valence-electron chi connectivity index (χ2n) is 5.88. The van der Waals surface area contributed by atoms with Crippen LogP contribution in [0, 0.1) is 10.1 Å². The minimum Gasteiger partial charge on any atom is -0.493 e. The standard InChI is InChI=1S/C19H22N2O7/c1-26-16-8-12(9-17(27-2)19(16)28-3)10-18(23)20-11-15(22)13-4-6-14(7-5-13)21(24)25/h4-9,15,22H,10-11H2,1-3H3,(H,20,23)/t15-/m1/s1. The van der Waals surface area contributed by atoms with E-state index >= 15 is 0 Å². The Hall–Kier alpha value is -3.33. The average molecular weight is 390 g/mol. The van der Waals surface area contributed by atoms with Crippen molar-refractivity contribution in [2.45, 2.75) is 12.5 Å². The number of ether oxygens (including phenoxy) is 3. The highest BCUT2D eigenvalue weighted by atomic mass is 16.6. The number of nitro benzene ring substituents is 1. The van der Waals surface area contributed by atoms with Crippen molar-refractivity contribution in [1.82, 2.24) is 5.32 Å². The number of aliphatic hydroxyl groups is 1. The van der Waals surface area contributed by atoms with Gasteiger partial charge in [0.2, 0.25) is 11.7 Å². The predicted molar refractivity (Wildman–Crippen MR) is 101 cm³/mol. The average Bonchev–Trinajstić information content (AvgIpc) is 2.71. The first-order chi connectivity index (χ1) is 13.4. The normalized spacial score (nSPS) is 11.4. The van der Waals surface area contributed by atoms with E-state index in [-0.39, 0.29) is 24.6 Å². The molecule has 0 aliphatic carbocycles. The maximum Gasteiger partial charge on any atom is 0.269 e. The van der Waals surface area contributed by atoms with Gasteiger partial charge in [-0.25, -0.2) is 0 Å². The summed E-state index contributed by atoms with van der Waals surface area (Å²) < 4.78 is 15.8. The molecule has 0 fully saturated rings. The Labute approximate surface area is 162 Å². The number of non-ortho nitro benzene ring substituents is 1. The molecule has 9 heteroatoms. The minimum absolute atomic E-state index is 0.0267. The SMILES string of the molecule is COc1cc(CC(=O)NC[C@@H](O)c2ccc([N+](=O)[O-])cc2)cc(OC)c1OC. The minimum atomic E-state index is -0.982. The largest absolute Gasteiger partial charge is 0.493 e. The number of amides is 1. The first kappa shape index (κ1) is 21.0. The van der Waals surface area contributed by atoms with Crippen molar-refractivity contribution < 1.29 is 29.0 Å². The molecule has 0 heterocycles. The zero-order chi connectivity index (χ0) is 20.7. The first-order valence-corrected chi connectivity index (χ1v) is 8.37. The van der Waals surface area contributed by atoms with Crippen LogP contribution in [0.3, 0.4) is 0 Å². The Morgan fingerprint density at radius 1 is 1.11 bits per heavy atom. The molecule has 0 aliphatic heterocycles. The molecule has 2 aromatic carbocycles. The molecule has 2 aromatic rings. The molecule has 0 aromatic heterocycles. The highest BCUT2D eigenvalue weighted by Crippen LogP contribution is 2.38. The van der Waals surface area contributed by atoms with Gasteiger partial charge in [-0.3, -0.25) is 14.9 Å². The van der Waals surface area contributed by atoms with E-state index in [2.05, 4.69) is 5.32 Å². The van der Waals surface area contributed by atoms with E-state index < -0.39 is 11.0 Å². The van der Waals surface area contributed by atoms with Gasteiger partial charge < -0.3 is 24.6 Å². The Morgan fingerprint density at radius 3 is 2.14 bits per heavy atom. The van der Waals surface area contributed by atoms with Crippen LogP contribution >= 0.6 is 0 Å². The summed E-state index contributed by atoms with van der Waals surface area (Å²) in [5.74, 6) is 1.00. The van der Waals surface area contributed by atoms with Crippen LogP contribution in [-0.2, 0) is 11.2 Å². The van der Waals surface area contributed by atoms with Crippen LogP contribution in [0.5, 0.6) is 17.2 Å². The number of nitrogens with one attached hydrogen (secondary N) is 1. The van der Waals surface area contributed by atoms with Gasteiger partial charge in [0.25, 0.3) is 5.69 Å². The van der Waals surface area contributed by atoms with Crippen molar-refractivity contribution >= 4 is 11.6 Å². The van der Waals surface area contributed by atoms with Crippen molar-refractivity contribution in [2.75, 3.05) is 27.9 Å². The molecule has 2 rings (SSSR count). The van der Waals surface area contributed by atoms with Crippen molar-refractivity contribution in [3.05, 3.63) is 57.6 Å². The number of nitro groups is 1.